The number of Topliss-reactive ketones (excluding diaryl/α,β-unsaturated/α-hetero) is 1. The third-order valence-electron chi connectivity index (χ3n) is 1.65. The Hall–Kier alpha value is -0.680. The van der Waals surface area contributed by atoms with Gasteiger partial charge < -0.3 is 0 Å². The molecule has 0 bridgehead atoms. The van der Waals surface area contributed by atoms with Crippen molar-refractivity contribution in [1.29, 1.82) is 0 Å². The molecule has 84 valence electrons. The first-order valence-corrected chi connectivity index (χ1v) is 4.07. The molecule has 0 aromatic heterocycles. The maximum Gasteiger partial charge on any atom is 0.461 e. The molecule has 0 radical (unpaired) electrons. The molecule has 0 fully saturated rings. The van der Waals surface area contributed by atoms with E-state index in [-0.39, 0.29) is 12.3 Å². The van der Waals surface area contributed by atoms with Gasteiger partial charge in [-0.3, -0.25) is 4.79 Å². The highest BCUT2D eigenvalue weighted by atomic mass is 19.4. The Bertz CT molecular complexity index is 206. The molecule has 0 aliphatic carbocycles. The van der Waals surface area contributed by atoms with E-state index >= 15 is 0 Å². The van der Waals surface area contributed by atoms with Gasteiger partial charge in [-0.1, -0.05) is 13.8 Å². The Balaban J connectivity index is 4.38. The van der Waals surface area contributed by atoms with Crippen LogP contribution >= 0.6 is 0 Å². The molecule has 0 aromatic rings. The fourth-order valence-electron chi connectivity index (χ4n) is 0.735. The van der Waals surface area contributed by atoms with Crippen molar-refractivity contribution >= 4 is 5.78 Å². The summed E-state index contributed by atoms with van der Waals surface area (Å²) >= 11 is 0. The van der Waals surface area contributed by atoms with Crippen LogP contribution in [-0.4, -0.2) is 17.9 Å². The summed E-state index contributed by atoms with van der Waals surface area (Å²) in [6.07, 6.45) is -6.49. The monoisotopic (exact) mass is 218 g/mol. The van der Waals surface area contributed by atoms with Gasteiger partial charge in [-0.05, 0) is 12.3 Å². The fraction of sp³-hybridized carbons (Fsp3) is 0.875. The molecule has 0 N–H and O–H groups in total. The summed E-state index contributed by atoms with van der Waals surface area (Å²) in [7, 11) is 0. The Kier molecular flexibility index (Phi) is 4.02. The number of ketones is 1. The molecule has 14 heavy (non-hydrogen) atoms. The Morgan fingerprint density at radius 1 is 1.14 bits per heavy atom. The Morgan fingerprint density at radius 2 is 1.57 bits per heavy atom. The predicted octanol–water partition coefficient (Wildman–Crippen LogP) is 3.19. The summed E-state index contributed by atoms with van der Waals surface area (Å²) in [6.45, 7) is 3.28. The maximum atomic E-state index is 12.3. The largest absolute Gasteiger partial charge is 0.461 e. The van der Waals surface area contributed by atoms with Crippen molar-refractivity contribution < 1.29 is 26.7 Å². The number of carbonyl (C=O) groups excluding carboxylic acids is 1. The van der Waals surface area contributed by atoms with Gasteiger partial charge in [-0.2, -0.15) is 22.0 Å². The SMILES string of the molecule is CC(C)CCC(=O)C(F)(F)C(F)(F)F. The highest BCUT2D eigenvalue weighted by Crippen LogP contribution is 2.37. The van der Waals surface area contributed by atoms with Gasteiger partial charge in [0.25, 0.3) is 0 Å². The van der Waals surface area contributed by atoms with E-state index in [4.69, 9.17) is 0 Å². The van der Waals surface area contributed by atoms with Crippen LogP contribution < -0.4 is 0 Å². The van der Waals surface area contributed by atoms with Gasteiger partial charge in [0.1, 0.15) is 0 Å². The molecular formula is C8H11F5O. The average molecular weight is 218 g/mol. The van der Waals surface area contributed by atoms with Crippen LogP contribution in [0.4, 0.5) is 22.0 Å². The van der Waals surface area contributed by atoms with Crippen LogP contribution in [0, 0.1) is 5.92 Å². The molecule has 0 unspecified atom stereocenters. The van der Waals surface area contributed by atoms with E-state index < -0.39 is 24.3 Å². The maximum absolute atomic E-state index is 12.3. The minimum atomic E-state index is -5.78. The van der Waals surface area contributed by atoms with Gasteiger partial charge in [0.05, 0.1) is 0 Å². The lowest BCUT2D eigenvalue weighted by Crippen LogP contribution is -2.44. The molecule has 0 heterocycles. The van der Waals surface area contributed by atoms with Crippen molar-refractivity contribution in [1.82, 2.24) is 0 Å². The van der Waals surface area contributed by atoms with E-state index in [1.54, 1.807) is 13.8 Å². The molecule has 0 aliphatic rings. The van der Waals surface area contributed by atoms with E-state index in [1.807, 2.05) is 0 Å². The second-order valence-electron chi connectivity index (χ2n) is 3.43. The van der Waals surface area contributed by atoms with Crippen LogP contribution in [0.1, 0.15) is 26.7 Å². The first-order chi connectivity index (χ1) is 6.09. The lowest BCUT2D eigenvalue weighted by molar-refractivity contribution is -0.268. The quantitative estimate of drug-likeness (QED) is 0.662. The molecule has 6 heteroatoms. The molecule has 0 atom stereocenters. The van der Waals surface area contributed by atoms with Gasteiger partial charge >= 0.3 is 12.1 Å². The van der Waals surface area contributed by atoms with Crippen molar-refractivity contribution in [3.05, 3.63) is 0 Å². The van der Waals surface area contributed by atoms with Crippen molar-refractivity contribution in [2.45, 2.75) is 38.8 Å². The summed E-state index contributed by atoms with van der Waals surface area (Å²) in [5.74, 6) is -7.34. The molecule has 0 saturated heterocycles. The van der Waals surface area contributed by atoms with Crippen LogP contribution in [0.15, 0.2) is 0 Å². The van der Waals surface area contributed by atoms with E-state index in [0.29, 0.717) is 0 Å². The first kappa shape index (κ1) is 13.3. The summed E-state index contributed by atoms with van der Waals surface area (Å²) in [5, 5.41) is 0. The molecule has 0 rings (SSSR count). The van der Waals surface area contributed by atoms with Crippen molar-refractivity contribution in [3.63, 3.8) is 0 Å². The standard InChI is InChI=1S/C8H11F5O/c1-5(2)3-4-6(14)7(9,10)8(11,12)13/h5H,3-4H2,1-2H3. The predicted molar refractivity (Wildman–Crippen MR) is 40.1 cm³/mol. The van der Waals surface area contributed by atoms with Crippen LogP contribution in [-0.2, 0) is 4.79 Å². The molecule has 0 aromatic carbocycles. The number of carbonyl (C=O) groups is 1. The number of hydrogen-bond acceptors (Lipinski definition) is 1. The van der Waals surface area contributed by atoms with E-state index in [2.05, 4.69) is 0 Å². The Labute approximate surface area is 78.3 Å². The zero-order valence-corrected chi connectivity index (χ0v) is 7.79. The van der Waals surface area contributed by atoms with E-state index in [9.17, 15) is 26.7 Å². The lowest BCUT2D eigenvalue weighted by atomic mass is 10.0. The van der Waals surface area contributed by atoms with Crippen LogP contribution in [0.25, 0.3) is 0 Å². The van der Waals surface area contributed by atoms with Gasteiger partial charge in [0.15, 0.2) is 0 Å². The summed E-state index contributed by atoms with van der Waals surface area (Å²) in [5.41, 5.74) is 0. The smallest absolute Gasteiger partial charge is 0.293 e. The fourth-order valence-corrected chi connectivity index (χ4v) is 0.735. The third kappa shape index (κ3) is 3.23. The Morgan fingerprint density at radius 3 is 1.86 bits per heavy atom. The first-order valence-electron chi connectivity index (χ1n) is 4.07. The number of alkyl halides is 5. The van der Waals surface area contributed by atoms with Gasteiger partial charge in [-0.15, -0.1) is 0 Å². The minimum Gasteiger partial charge on any atom is -0.293 e. The van der Waals surface area contributed by atoms with E-state index in [1.165, 1.54) is 0 Å². The molecule has 0 spiro atoms. The highest BCUT2D eigenvalue weighted by molar-refractivity contribution is 5.86. The summed E-state index contributed by atoms with van der Waals surface area (Å²) < 4.78 is 59.5. The van der Waals surface area contributed by atoms with Crippen LogP contribution in [0.2, 0.25) is 0 Å². The molecule has 0 saturated carbocycles. The normalized spacial score (nSPS) is 13.4. The molecule has 0 aliphatic heterocycles. The zero-order valence-electron chi connectivity index (χ0n) is 7.79. The number of rotatable bonds is 4. The number of halogens is 5. The molecule has 1 nitrogen and oxygen atoms in total. The zero-order chi connectivity index (χ0) is 11.6. The molecule has 0 amide bonds. The second-order valence-corrected chi connectivity index (χ2v) is 3.43. The lowest BCUT2D eigenvalue weighted by Gasteiger charge is -2.18. The minimum absolute atomic E-state index is 0.0322. The van der Waals surface area contributed by atoms with Crippen molar-refractivity contribution in [2.24, 2.45) is 5.92 Å². The van der Waals surface area contributed by atoms with Gasteiger partial charge in [0, 0.05) is 6.42 Å². The summed E-state index contributed by atoms with van der Waals surface area (Å²) in [6, 6.07) is 0. The topological polar surface area (TPSA) is 17.1 Å². The number of hydrogen-bond donors (Lipinski definition) is 0. The second kappa shape index (κ2) is 4.23. The van der Waals surface area contributed by atoms with Crippen molar-refractivity contribution in [3.8, 4) is 0 Å². The third-order valence-corrected chi connectivity index (χ3v) is 1.65. The van der Waals surface area contributed by atoms with Crippen LogP contribution in [0.5, 0.6) is 0 Å². The summed E-state index contributed by atoms with van der Waals surface area (Å²) in [4.78, 5) is 10.5. The molecular weight excluding hydrogens is 207 g/mol. The van der Waals surface area contributed by atoms with E-state index in [0.717, 1.165) is 0 Å². The van der Waals surface area contributed by atoms with Gasteiger partial charge in [0.2, 0.25) is 5.78 Å². The van der Waals surface area contributed by atoms with Gasteiger partial charge in [-0.25, -0.2) is 0 Å². The van der Waals surface area contributed by atoms with Crippen molar-refractivity contribution in [2.75, 3.05) is 0 Å². The average Bonchev–Trinajstić information content (AvgIpc) is 1.97. The highest BCUT2D eigenvalue weighted by Gasteiger charge is 2.62. The van der Waals surface area contributed by atoms with Crippen LogP contribution in [0.3, 0.4) is 0 Å².